The number of methoxy groups -OCH3 is 1. The zero-order valence-corrected chi connectivity index (χ0v) is 19.0. The van der Waals surface area contributed by atoms with E-state index in [0.29, 0.717) is 17.0 Å². The third-order valence-corrected chi connectivity index (χ3v) is 5.82. The maximum atomic E-state index is 12.8. The molecule has 34 heavy (non-hydrogen) atoms. The molecule has 0 aliphatic heterocycles. The fourth-order valence-electron chi connectivity index (χ4n) is 2.89. The van der Waals surface area contributed by atoms with Crippen molar-refractivity contribution >= 4 is 44.9 Å². The summed E-state index contributed by atoms with van der Waals surface area (Å²) in [5.41, 5.74) is 3.58. The minimum Gasteiger partial charge on any atom is -0.495 e. The summed E-state index contributed by atoms with van der Waals surface area (Å²) >= 11 is 0. The predicted octanol–water partition coefficient (Wildman–Crippen LogP) is 3.81. The number of nitrogens with one attached hydrogen (secondary N) is 3. The number of rotatable bonds is 9. The van der Waals surface area contributed by atoms with Crippen LogP contribution in [0.3, 0.4) is 0 Å². The summed E-state index contributed by atoms with van der Waals surface area (Å²) in [6.07, 6.45) is 1.43. The van der Waals surface area contributed by atoms with Gasteiger partial charge < -0.3 is 10.1 Å². The van der Waals surface area contributed by atoms with Crippen LogP contribution < -0.4 is 20.2 Å². The summed E-state index contributed by atoms with van der Waals surface area (Å²) in [5, 5.41) is 18.2. The standard InChI is InChI=1S/C22H21N5O6S/c1-15(28)24-17-9-7-16(8-10-17)14-23-25-19-12-11-18(13-21(19)27(29)30)34(31,32)26-20-5-3-4-6-22(20)33-2/h3-14,25-26H,1-2H3,(H,24,28)/b23-14-. The lowest BCUT2D eigenvalue weighted by Crippen LogP contribution is -2.14. The van der Waals surface area contributed by atoms with Crippen LogP contribution in [0.15, 0.2) is 76.7 Å². The number of sulfonamides is 1. The molecule has 0 fully saturated rings. The lowest BCUT2D eigenvalue weighted by Gasteiger charge is -2.12. The molecule has 1 amide bonds. The first-order valence-electron chi connectivity index (χ1n) is 9.80. The molecule has 12 heteroatoms. The average molecular weight is 484 g/mol. The van der Waals surface area contributed by atoms with Crippen LogP contribution in [0.2, 0.25) is 0 Å². The van der Waals surface area contributed by atoms with Crippen LogP contribution in [0.25, 0.3) is 0 Å². The SMILES string of the molecule is COc1ccccc1NS(=O)(=O)c1ccc(N/N=C\c2ccc(NC(C)=O)cc2)c([N+](=O)[O-])c1. The molecule has 0 radical (unpaired) electrons. The Kier molecular flexibility index (Phi) is 7.43. The predicted molar refractivity (Wildman–Crippen MR) is 129 cm³/mol. The molecule has 176 valence electrons. The van der Waals surface area contributed by atoms with Crippen molar-refractivity contribution in [2.75, 3.05) is 22.6 Å². The van der Waals surface area contributed by atoms with Crippen molar-refractivity contribution in [1.82, 2.24) is 0 Å². The average Bonchev–Trinajstić information content (AvgIpc) is 2.80. The van der Waals surface area contributed by atoms with E-state index in [4.69, 9.17) is 4.74 Å². The third-order valence-electron chi connectivity index (χ3n) is 4.46. The number of ether oxygens (including phenoxy) is 1. The van der Waals surface area contributed by atoms with Crippen molar-refractivity contribution in [2.24, 2.45) is 5.10 Å². The van der Waals surface area contributed by atoms with Gasteiger partial charge in [0.25, 0.3) is 15.7 Å². The number of hydrazone groups is 1. The molecule has 0 bridgehead atoms. The van der Waals surface area contributed by atoms with E-state index in [2.05, 4.69) is 20.6 Å². The Bertz CT molecular complexity index is 1340. The quantitative estimate of drug-likeness (QED) is 0.238. The first-order valence-corrected chi connectivity index (χ1v) is 11.3. The normalized spacial score (nSPS) is 11.1. The molecule has 3 N–H and O–H groups in total. The van der Waals surface area contributed by atoms with Gasteiger partial charge in [-0.3, -0.25) is 25.1 Å². The van der Waals surface area contributed by atoms with Crippen molar-refractivity contribution in [1.29, 1.82) is 0 Å². The molecule has 3 aromatic rings. The largest absolute Gasteiger partial charge is 0.495 e. The Hall–Kier alpha value is -4.45. The molecule has 3 rings (SSSR count). The number of hydrogen-bond donors (Lipinski definition) is 3. The van der Waals surface area contributed by atoms with E-state index < -0.39 is 20.6 Å². The van der Waals surface area contributed by atoms with Gasteiger partial charge in [0.1, 0.15) is 11.4 Å². The summed E-state index contributed by atoms with van der Waals surface area (Å²) in [4.78, 5) is 21.6. The number of para-hydroxylation sites is 2. The molecule has 0 aliphatic rings. The molecule has 11 nitrogen and oxygen atoms in total. The smallest absolute Gasteiger partial charge is 0.295 e. The second kappa shape index (κ2) is 10.4. The number of carbonyl (C=O) groups is 1. The number of amides is 1. The second-order valence-corrected chi connectivity index (χ2v) is 8.60. The molecule has 0 spiro atoms. The van der Waals surface area contributed by atoms with E-state index in [9.17, 15) is 23.3 Å². The number of carbonyl (C=O) groups excluding carboxylic acids is 1. The van der Waals surface area contributed by atoms with E-state index in [1.54, 1.807) is 42.5 Å². The first kappa shape index (κ1) is 24.2. The van der Waals surface area contributed by atoms with Crippen molar-refractivity contribution in [3.63, 3.8) is 0 Å². The fourth-order valence-corrected chi connectivity index (χ4v) is 3.98. The van der Waals surface area contributed by atoms with Crippen LogP contribution in [0.1, 0.15) is 12.5 Å². The van der Waals surface area contributed by atoms with Gasteiger partial charge in [0.15, 0.2) is 0 Å². The third kappa shape index (κ3) is 6.07. The van der Waals surface area contributed by atoms with Gasteiger partial charge in [0.05, 0.1) is 28.8 Å². The Morgan fingerprint density at radius 1 is 1.06 bits per heavy atom. The summed E-state index contributed by atoms with van der Waals surface area (Å²) < 4.78 is 33.1. The van der Waals surface area contributed by atoms with E-state index in [1.165, 1.54) is 38.4 Å². The number of anilines is 3. The minimum atomic E-state index is -4.13. The van der Waals surface area contributed by atoms with Crippen LogP contribution in [0.4, 0.5) is 22.7 Å². The molecule has 0 aromatic heterocycles. The Labute approximate surface area is 195 Å². The van der Waals surface area contributed by atoms with Crippen LogP contribution >= 0.6 is 0 Å². The highest BCUT2D eigenvalue weighted by atomic mass is 32.2. The monoisotopic (exact) mass is 483 g/mol. The van der Waals surface area contributed by atoms with Gasteiger partial charge in [-0.25, -0.2) is 8.42 Å². The lowest BCUT2D eigenvalue weighted by atomic mass is 10.2. The van der Waals surface area contributed by atoms with Gasteiger partial charge in [-0.2, -0.15) is 5.10 Å². The zero-order chi connectivity index (χ0) is 24.7. The van der Waals surface area contributed by atoms with Crippen LogP contribution in [0.5, 0.6) is 5.75 Å². The fraction of sp³-hybridized carbons (Fsp3) is 0.0909. The highest BCUT2D eigenvalue weighted by Crippen LogP contribution is 2.30. The molecule has 0 heterocycles. The molecular formula is C22H21N5O6S. The summed E-state index contributed by atoms with van der Waals surface area (Å²) in [7, 11) is -2.73. The number of nitro benzene ring substituents is 1. The second-order valence-electron chi connectivity index (χ2n) is 6.92. The molecular weight excluding hydrogens is 462 g/mol. The molecule has 0 unspecified atom stereocenters. The summed E-state index contributed by atoms with van der Waals surface area (Å²) in [6, 6.07) is 16.6. The van der Waals surface area contributed by atoms with Gasteiger partial charge in [-0.05, 0) is 42.0 Å². The number of hydrogen-bond acceptors (Lipinski definition) is 8. The maximum Gasteiger partial charge on any atom is 0.295 e. The van der Waals surface area contributed by atoms with E-state index in [-0.39, 0.29) is 22.2 Å². The zero-order valence-electron chi connectivity index (χ0n) is 18.2. The number of benzene rings is 3. The van der Waals surface area contributed by atoms with Crippen molar-refractivity contribution < 1.29 is 22.9 Å². The Morgan fingerprint density at radius 2 is 1.76 bits per heavy atom. The van der Waals surface area contributed by atoms with E-state index in [0.717, 1.165) is 6.07 Å². The van der Waals surface area contributed by atoms with Gasteiger partial charge >= 0.3 is 0 Å². The molecule has 0 saturated carbocycles. The van der Waals surface area contributed by atoms with Crippen LogP contribution in [-0.4, -0.2) is 32.6 Å². The Balaban J connectivity index is 1.79. The molecule has 3 aromatic carbocycles. The van der Waals surface area contributed by atoms with Crippen LogP contribution in [-0.2, 0) is 14.8 Å². The van der Waals surface area contributed by atoms with E-state index >= 15 is 0 Å². The van der Waals surface area contributed by atoms with Crippen LogP contribution in [0, 0.1) is 10.1 Å². The first-order chi connectivity index (χ1) is 16.2. The molecule has 0 saturated heterocycles. The van der Waals surface area contributed by atoms with Crippen molar-refractivity contribution in [2.45, 2.75) is 11.8 Å². The summed E-state index contributed by atoms with van der Waals surface area (Å²) in [5.74, 6) is 0.109. The van der Waals surface area contributed by atoms with Gasteiger partial charge in [0.2, 0.25) is 5.91 Å². The van der Waals surface area contributed by atoms with Crippen molar-refractivity contribution in [3.05, 3.63) is 82.4 Å². The highest BCUT2D eigenvalue weighted by Gasteiger charge is 2.22. The number of nitro groups is 1. The maximum absolute atomic E-state index is 12.8. The van der Waals surface area contributed by atoms with Gasteiger partial charge in [-0.1, -0.05) is 24.3 Å². The van der Waals surface area contributed by atoms with Gasteiger partial charge in [-0.15, -0.1) is 0 Å². The summed E-state index contributed by atoms with van der Waals surface area (Å²) in [6.45, 7) is 1.40. The molecule has 0 aliphatic carbocycles. The van der Waals surface area contributed by atoms with Crippen molar-refractivity contribution in [3.8, 4) is 5.75 Å². The topological polar surface area (TPSA) is 152 Å². The molecule has 0 atom stereocenters. The highest BCUT2D eigenvalue weighted by molar-refractivity contribution is 7.92. The number of nitrogens with zero attached hydrogens (tertiary/aromatic N) is 2. The minimum absolute atomic E-state index is 0.00681. The lowest BCUT2D eigenvalue weighted by molar-refractivity contribution is -0.384. The van der Waals surface area contributed by atoms with Gasteiger partial charge in [0, 0.05) is 18.7 Å². The van der Waals surface area contributed by atoms with E-state index in [1.807, 2.05) is 0 Å². The Morgan fingerprint density at radius 3 is 2.41 bits per heavy atom.